The van der Waals surface area contributed by atoms with Gasteiger partial charge in [0.05, 0.1) is 18.8 Å². The Kier molecular flexibility index (Phi) is 3.11. The van der Waals surface area contributed by atoms with Crippen molar-refractivity contribution in [1.29, 1.82) is 0 Å². The van der Waals surface area contributed by atoms with Gasteiger partial charge in [-0.05, 0) is 19.3 Å². The fourth-order valence-corrected chi connectivity index (χ4v) is 2.06. The molecule has 0 aromatic carbocycles. The topological polar surface area (TPSA) is 67.6 Å². The number of urea groups is 1. The highest BCUT2D eigenvalue weighted by atomic mass is 16.5. The van der Waals surface area contributed by atoms with Crippen LogP contribution in [0.1, 0.15) is 19.3 Å². The van der Waals surface area contributed by atoms with Crippen molar-refractivity contribution in [3.8, 4) is 0 Å². The van der Waals surface area contributed by atoms with Gasteiger partial charge in [0.15, 0.2) is 0 Å². The van der Waals surface area contributed by atoms with Crippen molar-refractivity contribution in [2.45, 2.75) is 24.8 Å². The fraction of sp³-hybridized carbons (Fsp3) is 0.900. The third-order valence-corrected chi connectivity index (χ3v) is 3.37. The lowest BCUT2D eigenvalue weighted by Gasteiger charge is -2.43. The van der Waals surface area contributed by atoms with Crippen LogP contribution in [0, 0.1) is 0 Å². The van der Waals surface area contributed by atoms with Gasteiger partial charge in [0, 0.05) is 19.6 Å². The summed E-state index contributed by atoms with van der Waals surface area (Å²) < 4.78 is 5.20. The summed E-state index contributed by atoms with van der Waals surface area (Å²) >= 11 is 0. The highest BCUT2D eigenvalue weighted by molar-refractivity contribution is 5.75. The van der Waals surface area contributed by atoms with Crippen molar-refractivity contribution in [1.82, 2.24) is 10.2 Å². The summed E-state index contributed by atoms with van der Waals surface area (Å²) in [5.74, 6) is 0. The van der Waals surface area contributed by atoms with E-state index in [1.807, 2.05) is 0 Å². The van der Waals surface area contributed by atoms with E-state index in [4.69, 9.17) is 10.5 Å². The van der Waals surface area contributed by atoms with Crippen molar-refractivity contribution in [3.05, 3.63) is 0 Å². The normalized spacial score (nSPS) is 24.5. The van der Waals surface area contributed by atoms with Crippen LogP contribution in [0.5, 0.6) is 0 Å². The summed E-state index contributed by atoms with van der Waals surface area (Å²) in [6.45, 7) is 3.20. The van der Waals surface area contributed by atoms with E-state index in [0.717, 1.165) is 12.8 Å². The predicted octanol–water partition coefficient (Wildman–Crippen LogP) is -0.0904. The van der Waals surface area contributed by atoms with Crippen molar-refractivity contribution in [2.75, 3.05) is 32.8 Å². The quantitative estimate of drug-likeness (QED) is 0.673. The van der Waals surface area contributed by atoms with E-state index in [2.05, 4.69) is 5.32 Å². The zero-order valence-electron chi connectivity index (χ0n) is 9.00. The number of nitrogens with two attached hydrogens (primary N) is 1. The van der Waals surface area contributed by atoms with Crippen LogP contribution in [-0.4, -0.2) is 49.3 Å². The van der Waals surface area contributed by atoms with Gasteiger partial charge in [-0.25, -0.2) is 4.79 Å². The minimum atomic E-state index is -0.116. The Balaban J connectivity index is 1.85. The molecule has 1 aliphatic carbocycles. The molecular weight excluding hydrogens is 194 g/mol. The summed E-state index contributed by atoms with van der Waals surface area (Å²) in [7, 11) is 0. The molecule has 1 heterocycles. The Morgan fingerprint density at radius 3 is 2.53 bits per heavy atom. The summed E-state index contributed by atoms with van der Waals surface area (Å²) in [4.78, 5) is 13.7. The molecule has 0 atom stereocenters. The average Bonchev–Trinajstić information content (AvgIpc) is 2.24. The lowest BCUT2D eigenvalue weighted by atomic mass is 9.77. The maximum absolute atomic E-state index is 11.9. The molecule has 2 aliphatic rings. The molecule has 5 nitrogen and oxygen atoms in total. The Hall–Kier alpha value is -0.810. The third-order valence-electron chi connectivity index (χ3n) is 3.37. The van der Waals surface area contributed by atoms with Gasteiger partial charge in [-0.2, -0.15) is 0 Å². The molecule has 1 saturated carbocycles. The van der Waals surface area contributed by atoms with E-state index in [1.165, 1.54) is 6.42 Å². The van der Waals surface area contributed by atoms with E-state index in [-0.39, 0.29) is 11.6 Å². The van der Waals surface area contributed by atoms with Gasteiger partial charge in [-0.1, -0.05) is 0 Å². The second kappa shape index (κ2) is 4.37. The van der Waals surface area contributed by atoms with Crippen LogP contribution in [0.3, 0.4) is 0 Å². The van der Waals surface area contributed by atoms with Crippen LogP contribution in [0.2, 0.25) is 0 Å². The first-order valence-corrected chi connectivity index (χ1v) is 5.61. The van der Waals surface area contributed by atoms with Crippen LogP contribution in [-0.2, 0) is 4.74 Å². The Morgan fingerprint density at radius 2 is 2.07 bits per heavy atom. The molecule has 2 amide bonds. The number of nitrogens with one attached hydrogen (secondary N) is 1. The van der Waals surface area contributed by atoms with Gasteiger partial charge in [0.1, 0.15) is 0 Å². The number of ether oxygens (including phenoxy) is 1. The first-order chi connectivity index (χ1) is 7.26. The predicted molar refractivity (Wildman–Crippen MR) is 56.6 cm³/mol. The molecule has 0 spiro atoms. The molecule has 0 unspecified atom stereocenters. The van der Waals surface area contributed by atoms with Crippen molar-refractivity contribution in [3.63, 3.8) is 0 Å². The maximum atomic E-state index is 11.9. The molecule has 2 rings (SSSR count). The van der Waals surface area contributed by atoms with E-state index < -0.39 is 0 Å². The molecule has 2 fully saturated rings. The molecule has 1 saturated heterocycles. The first kappa shape index (κ1) is 10.7. The van der Waals surface area contributed by atoms with Crippen molar-refractivity contribution < 1.29 is 9.53 Å². The number of carbonyl (C=O) groups is 1. The molecular formula is C10H19N3O2. The molecule has 0 aromatic rings. The highest BCUT2D eigenvalue weighted by Gasteiger charge is 2.38. The van der Waals surface area contributed by atoms with Crippen molar-refractivity contribution >= 4 is 6.03 Å². The molecule has 86 valence electrons. The van der Waals surface area contributed by atoms with Gasteiger partial charge in [0.25, 0.3) is 0 Å². The zero-order valence-corrected chi connectivity index (χ0v) is 9.00. The van der Waals surface area contributed by atoms with Crippen LogP contribution < -0.4 is 11.1 Å². The Labute approximate surface area is 89.9 Å². The van der Waals surface area contributed by atoms with Gasteiger partial charge in [-0.3, -0.25) is 0 Å². The SMILES string of the molecule is NCC1(NC(=O)N2CCOCC2)CCC1. The smallest absolute Gasteiger partial charge is 0.318 e. The number of rotatable bonds is 2. The molecule has 5 heteroatoms. The Morgan fingerprint density at radius 1 is 1.40 bits per heavy atom. The van der Waals surface area contributed by atoms with Crippen molar-refractivity contribution in [2.24, 2.45) is 5.73 Å². The molecule has 0 bridgehead atoms. The number of amides is 2. The standard InChI is InChI=1S/C10H19N3O2/c11-8-10(2-1-3-10)12-9(14)13-4-6-15-7-5-13/h1-8,11H2,(H,12,14). The first-order valence-electron chi connectivity index (χ1n) is 5.61. The number of hydrogen-bond donors (Lipinski definition) is 2. The second-order valence-corrected chi connectivity index (χ2v) is 4.37. The molecule has 0 aromatic heterocycles. The largest absolute Gasteiger partial charge is 0.378 e. The molecule has 1 aliphatic heterocycles. The molecule has 0 radical (unpaired) electrons. The Bertz CT molecular complexity index is 229. The second-order valence-electron chi connectivity index (χ2n) is 4.37. The van der Waals surface area contributed by atoms with Gasteiger partial charge >= 0.3 is 6.03 Å². The maximum Gasteiger partial charge on any atom is 0.318 e. The monoisotopic (exact) mass is 213 g/mol. The number of morpholine rings is 1. The summed E-state index contributed by atoms with van der Waals surface area (Å²) in [5, 5.41) is 3.06. The summed E-state index contributed by atoms with van der Waals surface area (Å²) in [6, 6.07) is 0.0171. The zero-order chi connectivity index (χ0) is 10.7. The van der Waals surface area contributed by atoms with E-state index >= 15 is 0 Å². The van der Waals surface area contributed by atoms with E-state index in [1.54, 1.807) is 4.90 Å². The molecule has 15 heavy (non-hydrogen) atoms. The fourth-order valence-electron chi connectivity index (χ4n) is 2.06. The van der Waals surface area contributed by atoms with Gasteiger partial charge < -0.3 is 20.7 Å². The van der Waals surface area contributed by atoms with Crippen LogP contribution in [0.15, 0.2) is 0 Å². The average molecular weight is 213 g/mol. The summed E-state index contributed by atoms with van der Waals surface area (Å²) in [6.07, 6.45) is 3.19. The van der Waals surface area contributed by atoms with Gasteiger partial charge in [0.2, 0.25) is 0 Å². The number of carbonyl (C=O) groups excluding carboxylic acids is 1. The third kappa shape index (κ3) is 2.23. The van der Waals surface area contributed by atoms with Crippen LogP contribution >= 0.6 is 0 Å². The van der Waals surface area contributed by atoms with E-state index in [9.17, 15) is 4.79 Å². The van der Waals surface area contributed by atoms with Crippen LogP contribution in [0.4, 0.5) is 4.79 Å². The number of hydrogen-bond acceptors (Lipinski definition) is 3. The lowest BCUT2D eigenvalue weighted by molar-refractivity contribution is 0.0485. The van der Waals surface area contributed by atoms with Gasteiger partial charge in [-0.15, -0.1) is 0 Å². The van der Waals surface area contributed by atoms with Crippen LogP contribution in [0.25, 0.3) is 0 Å². The highest BCUT2D eigenvalue weighted by Crippen LogP contribution is 2.30. The summed E-state index contributed by atoms with van der Waals surface area (Å²) in [5.41, 5.74) is 5.57. The minimum Gasteiger partial charge on any atom is -0.378 e. The lowest BCUT2D eigenvalue weighted by Crippen LogP contribution is -2.61. The van der Waals surface area contributed by atoms with E-state index in [0.29, 0.717) is 32.8 Å². The number of nitrogens with zero attached hydrogens (tertiary/aromatic N) is 1. The minimum absolute atomic E-state index is 0.0171. The molecule has 3 N–H and O–H groups in total.